The number of piperidine rings is 1. The molecular formula is C29H32FN7O8. The van der Waals surface area contributed by atoms with E-state index >= 15 is 0 Å². The van der Waals surface area contributed by atoms with E-state index in [1.807, 2.05) is 24.4 Å². The molecule has 5 N–H and O–H groups in total. The minimum Gasteiger partial charge on any atom is -0.473 e. The maximum absolute atomic E-state index is 13.4. The zero-order valence-corrected chi connectivity index (χ0v) is 24.0. The van der Waals surface area contributed by atoms with E-state index in [1.54, 1.807) is 24.8 Å². The number of hydrogen-bond acceptors (Lipinski definition) is 10. The SMILES string of the molecule is Fc1ccc(Cn2c(CC3CCN(CCNc4cnccn4)CC3)nc3ccncc32)cc1.O=C(O)C(=O)O.O=C(O)C(=O)O. The molecule has 0 bridgehead atoms. The number of nitrogens with one attached hydrogen (secondary N) is 1. The number of carboxylic acid groups (broad SMARTS) is 4. The van der Waals surface area contributed by atoms with Crippen LogP contribution in [-0.2, 0) is 32.1 Å². The number of benzene rings is 1. The minimum absolute atomic E-state index is 0.213. The van der Waals surface area contributed by atoms with Crippen molar-refractivity contribution in [3.8, 4) is 0 Å². The molecule has 3 aromatic heterocycles. The summed E-state index contributed by atoms with van der Waals surface area (Å²) in [5.74, 6) is -5.00. The minimum atomic E-state index is -1.82. The lowest BCUT2D eigenvalue weighted by molar-refractivity contribution is -0.159. The van der Waals surface area contributed by atoms with Gasteiger partial charge >= 0.3 is 23.9 Å². The summed E-state index contributed by atoms with van der Waals surface area (Å²) < 4.78 is 15.6. The Hall–Kier alpha value is -5.51. The number of aromatic nitrogens is 5. The van der Waals surface area contributed by atoms with Crippen molar-refractivity contribution >= 4 is 40.7 Å². The Morgan fingerprint density at radius 3 is 2.04 bits per heavy atom. The summed E-state index contributed by atoms with van der Waals surface area (Å²) in [5, 5.41) is 32.9. The molecule has 0 saturated carbocycles. The molecule has 4 heterocycles. The number of anilines is 1. The molecule has 1 aromatic carbocycles. The monoisotopic (exact) mass is 625 g/mol. The highest BCUT2D eigenvalue weighted by Gasteiger charge is 2.22. The van der Waals surface area contributed by atoms with Crippen LogP contribution in [-0.4, -0.2) is 99.9 Å². The van der Waals surface area contributed by atoms with E-state index in [1.165, 1.54) is 12.1 Å². The lowest BCUT2D eigenvalue weighted by atomic mass is 9.93. The summed E-state index contributed by atoms with van der Waals surface area (Å²) in [6.07, 6.45) is 12.1. The van der Waals surface area contributed by atoms with Crippen molar-refractivity contribution in [1.82, 2.24) is 29.4 Å². The molecule has 0 amide bonds. The summed E-state index contributed by atoms with van der Waals surface area (Å²) in [6, 6.07) is 8.68. The number of likely N-dealkylation sites (tertiary alicyclic amines) is 1. The van der Waals surface area contributed by atoms with Crippen molar-refractivity contribution in [2.75, 3.05) is 31.5 Å². The fraction of sp³-hybridized carbons (Fsp3) is 0.310. The summed E-state index contributed by atoms with van der Waals surface area (Å²) >= 11 is 0. The summed E-state index contributed by atoms with van der Waals surface area (Å²) in [4.78, 5) is 56.5. The molecule has 0 radical (unpaired) electrons. The van der Waals surface area contributed by atoms with Gasteiger partial charge in [-0.25, -0.2) is 33.5 Å². The van der Waals surface area contributed by atoms with Gasteiger partial charge in [0.25, 0.3) is 0 Å². The van der Waals surface area contributed by atoms with Gasteiger partial charge in [0.05, 0.1) is 23.4 Å². The van der Waals surface area contributed by atoms with Gasteiger partial charge in [0.15, 0.2) is 0 Å². The number of halogens is 1. The molecule has 0 unspecified atom stereocenters. The van der Waals surface area contributed by atoms with E-state index in [-0.39, 0.29) is 5.82 Å². The smallest absolute Gasteiger partial charge is 0.414 e. The number of fused-ring (bicyclic) bond motifs is 1. The van der Waals surface area contributed by atoms with Crippen LogP contribution in [0.15, 0.2) is 61.3 Å². The number of carboxylic acids is 4. The highest BCUT2D eigenvalue weighted by molar-refractivity contribution is 6.27. The molecule has 0 aliphatic carbocycles. The molecule has 1 fully saturated rings. The molecule has 0 spiro atoms. The first-order valence-corrected chi connectivity index (χ1v) is 13.7. The second-order valence-corrected chi connectivity index (χ2v) is 9.83. The largest absolute Gasteiger partial charge is 0.473 e. The maximum Gasteiger partial charge on any atom is 0.414 e. The van der Waals surface area contributed by atoms with E-state index in [9.17, 15) is 4.39 Å². The number of rotatable bonds is 8. The number of hydrogen-bond donors (Lipinski definition) is 5. The molecule has 45 heavy (non-hydrogen) atoms. The molecule has 238 valence electrons. The summed E-state index contributed by atoms with van der Waals surface area (Å²) in [7, 11) is 0. The van der Waals surface area contributed by atoms with Crippen LogP contribution in [0.1, 0.15) is 24.2 Å². The quantitative estimate of drug-likeness (QED) is 0.177. The Labute approximate surface area is 256 Å². The Morgan fingerprint density at radius 2 is 1.47 bits per heavy atom. The number of imidazole rings is 1. The van der Waals surface area contributed by atoms with Crippen molar-refractivity contribution in [3.05, 3.63) is 78.5 Å². The summed E-state index contributed by atoms with van der Waals surface area (Å²) in [6.45, 7) is 4.71. The van der Waals surface area contributed by atoms with Crippen molar-refractivity contribution in [1.29, 1.82) is 0 Å². The molecule has 16 heteroatoms. The Kier molecular flexibility index (Phi) is 12.8. The molecule has 5 rings (SSSR count). The average Bonchev–Trinajstić information content (AvgIpc) is 3.36. The predicted octanol–water partition coefficient (Wildman–Crippen LogP) is 2.09. The molecular weight excluding hydrogens is 593 g/mol. The van der Waals surface area contributed by atoms with Gasteiger partial charge in [0.1, 0.15) is 17.5 Å². The molecule has 0 atom stereocenters. The van der Waals surface area contributed by atoms with E-state index in [0.29, 0.717) is 12.5 Å². The van der Waals surface area contributed by atoms with Crippen molar-refractivity contribution in [2.24, 2.45) is 5.92 Å². The molecule has 4 aromatic rings. The first kappa shape index (κ1) is 34.0. The average molecular weight is 626 g/mol. The standard InChI is InChI=1S/C25H28FN7.2C2H2O4/c26-21-3-1-20(2-4-21)18-33-23-16-27-8-5-22(23)31-25(33)15-19-6-12-32(13-7-19)14-11-30-24-17-28-9-10-29-24;2*3-1(4)2(5)6/h1-5,8-10,16-17,19H,6-7,11-15,18H2,(H,29,30);2*(H,3,4)(H,5,6). The van der Waals surface area contributed by atoms with Crippen molar-refractivity contribution < 1.29 is 44.0 Å². The number of carbonyl (C=O) groups is 4. The van der Waals surface area contributed by atoms with Crippen LogP contribution in [0.25, 0.3) is 11.0 Å². The first-order chi connectivity index (χ1) is 21.5. The van der Waals surface area contributed by atoms with E-state index in [4.69, 9.17) is 44.6 Å². The van der Waals surface area contributed by atoms with Gasteiger partial charge in [-0.05, 0) is 55.6 Å². The van der Waals surface area contributed by atoms with Crippen molar-refractivity contribution in [2.45, 2.75) is 25.8 Å². The van der Waals surface area contributed by atoms with Crippen LogP contribution in [0.3, 0.4) is 0 Å². The third-order valence-electron chi connectivity index (χ3n) is 6.73. The van der Waals surface area contributed by atoms with Gasteiger partial charge < -0.3 is 35.2 Å². The first-order valence-electron chi connectivity index (χ1n) is 13.7. The van der Waals surface area contributed by atoms with E-state index in [0.717, 1.165) is 73.7 Å². The third kappa shape index (κ3) is 11.3. The molecule has 1 saturated heterocycles. The van der Waals surface area contributed by atoms with Crippen LogP contribution in [0.2, 0.25) is 0 Å². The fourth-order valence-electron chi connectivity index (χ4n) is 4.53. The van der Waals surface area contributed by atoms with Gasteiger partial charge in [-0.2, -0.15) is 0 Å². The summed E-state index contributed by atoms with van der Waals surface area (Å²) in [5.41, 5.74) is 3.06. The molecule has 1 aliphatic rings. The topological polar surface area (TPSA) is 221 Å². The van der Waals surface area contributed by atoms with Crippen LogP contribution in [0.5, 0.6) is 0 Å². The normalized spacial score (nSPS) is 13.1. The fourth-order valence-corrected chi connectivity index (χ4v) is 4.53. The Bertz CT molecular complexity index is 1530. The predicted molar refractivity (Wildman–Crippen MR) is 157 cm³/mol. The Balaban J connectivity index is 0.000000392. The lowest BCUT2D eigenvalue weighted by Crippen LogP contribution is -2.37. The highest BCUT2D eigenvalue weighted by atomic mass is 19.1. The number of aliphatic carboxylic acids is 4. The van der Waals surface area contributed by atoms with Gasteiger partial charge in [-0.15, -0.1) is 0 Å². The Morgan fingerprint density at radius 1 is 0.844 bits per heavy atom. The van der Waals surface area contributed by atoms with Crippen molar-refractivity contribution in [3.63, 3.8) is 0 Å². The van der Waals surface area contributed by atoms with Crippen LogP contribution >= 0.6 is 0 Å². The van der Waals surface area contributed by atoms with Gasteiger partial charge in [-0.3, -0.25) is 9.97 Å². The van der Waals surface area contributed by atoms with Crippen LogP contribution in [0, 0.1) is 11.7 Å². The van der Waals surface area contributed by atoms with E-state index in [2.05, 4.69) is 29.7 Å². The second kappa shape index (κ2) is 17.0. The number of pyridine rings is 1. The zero-order valence-electron chi connectivity index (χ0n) is 24.0. The van der Waals surface area contributed by atoms with E-state index < -0.39 is 23.9 Å². The third-order valence-corrected chi connectivity index (χ3v) is 6.73. The van der Waals surface area contributed by atoms with Crippen LogP contribution in [0.4, 0.5) is 10.2 Å². The zero-order chi connectivity index (χ0) is 32.8. The second-order valence-electron chi connectivity index (χ2n) is 9.83. The van der Waals surface area contributed by atoms with Gasteiger partial charge in [0, 0.05) is 44.6 Å². The molecule has 15 nitrogen and oxygen atoms in total. The molecule has 1 aliphatic heterocycles. The maximum atomic E-state index is 13.4. The highest BCUT2D eigenvalue weighted by Crippen LogP contribution is 2.25. The van der Waals surface area contributed by atoms with Gasteiger partial charge in [-0.1, -0.05) is 12.1 Å². The van der Waals surface area contributed by atoms with Crippen LogP contribution < -0.4 is 5.32 Å². The van der Waals surface area contributed by atoms with Gasteiger partial charge in [0.2, 0.25) is 0 Å². The number of nitrogens with zero attached hydrogens (tertiary/aromatic N) is 6. The lowest BCUT2D eigenvalue weighted by Gasteiger charge is -2.32.